The molecule has 0 fully saturated rings. The minimum atomic E-state index is -0.102. The van der Waals surface area contributed by atoms with Crippen molar-refractivity contribution in [1.29, 1.82) is 0 Å². The van der Waals surface area contributed by atoms with Gasteiger partial charge in [-0.2, -0.15) is 0 Å². The summed E-state index contributed by atoms with van der Waals surface area (Å²) < 4.78 is 0. The van der Waals surface area contributed by atoms with Crippen LogP contribution in [0.5, 0.6) is 0 Å². The molecule has 1 atom stereocenters. The summed E-state index contributed by atoms with van der Waals surface area (Å²) in [5, 5.41) is 3.39. The summed E-state index contributed by atoms with van der Waals surface area (Å²) in [6, 6.07) is 5.62. The van der Waals surface area contributed by atoms with Crippen LogP contribution < -0.4 is 5.32 Å². The lowest BCUT2D eigenvalue weighted by Crippen LogP contribution is -2.32. The van der Waals surface area contributed by atoms with E-state index >= 15 is 0 Å². The van der Waals surface area contributed by atoms with Crippen molar-refractivity contribution in [2.75, 3.05) is 0 Å². The van der Waals surface area contributed by atoms with Gasteiger partial charge in [-0.15, -0.1) is 0 Å². The maximum Gasteiger partial charge on any atom is 0.252 e. The van der Waals surface area contributed by atoms with Gasteiger partial charge < -0.3 is 5.32 Å². The van der Waals surface area contributed by atoms with Crippen LogP contribution in [0, 0.1) is 6.92 Å². The van der Waals surface area contributed by atoms with E-state index in [1.54, 1.807) is 12.1 Å². The van der Waals surface area contributed by atoms with Gasteiger partial charge in [-0.3, -0.25) is 4.79 Å². The molecule has 82 valence electrons. The molecule has 0 saturated carbocycles. The highest BCUT2D eigenvalue weighted by atomic mass is 35.5. The highest BCUT2D eigenvalue weighted by molar-refractivity contribution is 6.33. The van der Waals surface area contributed by atoms with Crippen molar-refractivity contribution in [1.82, 2.24) is 5.32 Å². The van der Waals surface area contributed by atoms with E-state index in [4.69, 9.17) is 11.6 Å². The number of hydrogen-bond acceptors (Lipinski definition) is 1. The fourth-order valence-electron chi connectivity index (χ4n) is 1.21. The van der Waals surface area contributed by atoms with Crippen LogP contribution in [-0.4, -0.2) is 11.9 Å². The summed E-state index contributed by atoms with van der Waals surface area (Å²) in [5.41, 5.74) is 1.60. The molecule has 0 saturated heterocycles. The minimum Gasteiger partial charge on any atom is -0.350 e. The number of halogens is 1. The summed E-state index contributed by atoms with van der Waals surface area (Å²) in [4.78, 5) is 11.8. The van der Waals surface area contributed by atoms with Crippen LogP contribution in [0.4, 0.5) is 0 Å². The first kappa shape index (κ1) is 12.1. The normalized spacial score (nSPS) is 12.3. The molecule has 3 heteroatoms. The second kappa shape index (κ2) is 5.17. The van der Waals surface area contributed by atoms with Gasteiger partial charge in [-0.05, 0) is 38.0 Å². The lowest BCUT2D eigenvalue weighted by Gasteiger charge is -2.12. The van der Waals surface area contributed by atoms with Crippen LogP contribution in [0.3, 0.4) is 0 Å². The highest BCUT2D eigenvalue weighted by Gasteiger charge is 2.11. The third kappa shape index (κ3) is 3.24. The number of hydrogen-bond donors (Lipinski definition) is 1. The predicted molar refractivity (Wildman–Crippen MR) is 63.4 cm³/mol. The van der Waals surface area contributed by atoms with Gasteiger partial charge in [0.05, 0.1) is 10.6 Å². The van der Waals surface area contributed by atoms with E-state index in [1.807, 2.05) is 26.8 Å². The largest absolute Gasteiger partial charge is 0.350 e. The van der Waals surface area contributed by atoms with E-state index in [0.717, 1.165) is 12.0 Å². The van der Waals surface area contributed by atoms with Gasteiger partial charge in [0.1, 0.15) is 0 Å². The van der Waals surface area contributed by atoms with E-state index in [1.165, 1.54) is 0 Å². The fraction of sp³-hybridized carbons (Fsp3) is 0.417. The van der Waals surface area contributed by atoms with E-state index in [-0.39, 0.29) is 11.9 Å². The SMILES string of the molecule is CC[C@@H](C)NC(=O)c1ccc(C)cc1Cl. The molecule has 0 spiro atoms. The number of nitrogens with one attached hydrogen (secondary N) is 1. The molecule has 1 rings (SSSR count). The summed E-state index contributed by atoms with van der Waals surface area (Å²) in [7, 11) is 0. The van der Waals surface area contributed by atoms with Crippen molar-refractivity contribution in [3.05, 3.63) is 34.3 Å². The molecule has 0 unspecified atom stereocenters. The van der Waals surface area contributed by atoms with E-state index in [0.29, 0.717) is 10.6 Å². The lowest BCUT2D eigenvalue weighted by atomic mass is 10.1. The Morgan fingerprint density at radius 3 is 2.73 bits per heavy atom. The topological polar surface area (TPSA) is 29.1 Å². The quantitative estimate of drug-likeness (QED) is 0.841. The molecule has 0 bridgehead atoms. The van der Waals surface area contributed by atoms with Crippen LogP contribution in [0.2, 0.25) is 5.02 Å². The number of aryl methyl sites for hydroxylation is 1. The fourth-order valence-corrected chi connectivity index (χ4v) is 1.53. The Morgan fingerprint density at radius 2 is 2.20 bits per heavy atom. The van der Waals surface area contributed by atoms with E-state index < -0.39 is 0 Å². The summed E-state index contributed by atoms with van der Waals surface area (Å²) in [6.07, 6.45) is 0.912. The number of benzene rings is 1. The van der Waals surface area contributed by atoms with Gasteiger partial charge in [-0.25, -0.2) is 0 Å². The summed E-state index contributed by atoms with van der Waals surface area (Å²) >= 11 is 5.99. The van der Waals surface area contributed by atoms with Crippen LogP contribution in [0.1, 0.15) is 36.2 Å². The molecule has 15 heavy (non-hydrogen) atoms. The number of amides is 1. The first-order valence-corrected chi connectivity index (χ1v) is 5.49. The molecule has 0 aliphatic heterocycles. The van der Waals surface area contributed by atoms with Crippen molar-refractivity contribution >= 4 is 17.5 Å². The highest BCUT2D eigenvalue weighted by Crippen LogP contribution is 2.17. The van der Waals surface area contributed by atoms with Gasteiger partial charge >= 0.3 is 0 Å². The number of carbonyl (C=O) groups is 1. The van der Waals surface area contributed by atoms with Gasteiger partial charge in [0, 0.05) is 6.04 Å². The Kier molecular flexibility index (Phi) is 4.15. The van der Waals surface area contributed by atoms with Crippen LogP contribution in [0.15, 0.2) is 18.2 Å². The first-order chi connectivity index (χ1) is 7.04. The number of rotatable bonds is 3. The summed E-state index contributed by atoms with van der Waals surface area (Å²) in [5.74, 6) is -0.102. The third-order valence-electron chi connectivity index (χ3n) is 2.36. The third-order valence-corrected chi connectivity index (χ3v) is 2.67. The molecule has 1 aromatic rings. The minimum absolute atomic E-state index is 0.102. The zero-order valence-electron chi connectivity index (χ0n) is 9.30. The Morgan fingerprint density at radius 1 is 1.53 bits per heavy atom. The van der Waals surface area contributed by atoms with E-state index in [2.05, 4.69) is 5.32 Å². The van der Waals surface area contributed by atoms with Crippen molar-refractivity contribution in [3.8, 4) is 0 Å². The molecule has 0 aliphatic carbocycles. The molecule has 1 N–H and O–H groups in total. The maximum absolute atomic E-state index is 11.8. The van der Waals surface area contributed by atoms with Crippen molar-refractivity contribution < 1.29 is 4.79 Å². The lowest BCUT2D eigenvalue weighted by molar-refractivity contribution is 0.0939. The zero-order chi connectivity index (χ0) is 11.4. The second-order valence-electron chi connectivity index (χ2n) is 3.77. The zero-order valence-corrected chi connectivity index (χ0v) is 10.1. The molecule has 2 nitrogen and oxygen atoms in total. The van der Waals surface area contributed by atoms with Gasteiger partial charge in [0.25, 0.3) is 5.91 Å². The second-order valence-corrected chi connectivity index (χ2v) is 4.17. The van der Waals surface area contributed by atoms with Crippen molar-refractivity contribution in [2.45, 2.75) is 33.2 Å². The molecule has 1 aromatic carbocycles. The molecule has 1 amide bonds. The Bertz CT molecular complexity index is 363. The van der Waals surface area contributed by atoms with Gasteiger partial charge in [0.15, 0.2) is 0 Å². The molecular formula is C12H16ClNO. The molecule has 0 heterocycles. The summed E-state index contributed by atoms with van der Waals surface area (Å²) in [6.45, 7) is 5.95. The maximum atomic E-state index is 11.8. The van der Waals surface area contributed by atoms with Crippen molar-refractivity contribution in [3.63, 3.8) is 0 Å². The van der Waals surface area contributed by atoms with Crippen molar-refractivity contribution in [2.24, 2.45) is 0 Å². The first-order valence-electron chi connectivity index (χ1n) is 5.11. The molecular weight excluding hydrogens is 210 g/mol. The van der Waals surface area contributed by atoms with Gasteiger partial charge in [0.2, 0.25) is 0 Å². The molecule has 0 aromatic heterocycles. The Hall–Kier alpha value is -1.02. The Labute approximate surface area is 95.6 Å². The smallest absolute Gasteiger partial charge is 0.252 e. The standard InChI is InChI=1S/C12H16ClNO/c1-4-9(3)14-12(15)10-6-5-8(2)7-11(10)13/h5-7,9H,4H2,1-3H3,(H,14,15)/t9-/m1/s1. The van der Waals surface area contributed by atoms with E-state index in [9.17, 15) is 4.79 Å². The molecule has 0 aliphatic rings. The average Bonchev–Trinajstić information content (AvgIpc) is 2.17. The van der Waals surface area contributed by atoms with Crippen LogP contribution >= 0.6 is 11.6 Å². The van der Waals surface area contributed by atoms with Crippen LogP contribution in [-0.2, 0) is 0 Å². The number of carbonyl (C=O) groups excluding carboxylic acids is 1. The molecule has 0 radical (unpaired) electrons. The average molecular weight is 226 g/mol. The Balaban J connectivity index is 2.82. The predicted octanol–water partition coefficient (Wildman–Crippen LogP) is 3.18. The monoisotopic (exact) mass is 225 g/mol. The van der Waals surface area contributed by atoms with Gasteiger partial charge in [-0.1, -0.05) is 24.6 Å². The van der Waals surface area contributed by atoms with Crippen LogP contribution in [0.25, 0.3) is 0 Å².